The van der Waals surface area contributed by atoms with E-state index >= 15 is 0 Å². The predicted molar refractivity (Wildman–Crippen MR) is 49.6 cm³/mol. The zero-order valence-corrected chi connectivity index (χ0v) is 7.64. The summed E-state index contributed by atoms with van der Waals surface area (Å²) in [6.07, 6.45) is 7.70. The molecule has 0 saturated heterocycles. The molecule has 14 heavy (non-hydrogen) atoms. The van der Waals surface area contributed by atoms with Crippen LogP contribution in [0.25, 0.3) is 0 Å². The number of aromatic nitrogens is 2. The van der Waals surface area contributed by atoms with E-state index in [2.05, 4.69) is 9.97 Å². The highest BCUT2D eigenvalue weighted by Gasteiger charge is 2.16. The molecule has 72 valence electrons. The molecule has 0 saturated carbocycles. The van der Waals surface area contributed by atoms with Crippen molar-refractivity contribution in [2.45, 2.75) is 12.8 Å². The number of ketones is 1. The van der Waals surface area contributed by atoms with E-state index in [-0.39, 0.29) is 5.78 Å². The molecule has 0 spiro atoms. The molecule has 0 N–H and O–H groups in total. The molecule has 1 aromatic rings. The van der Waals surface area contributed by atoms with Crippen LogP contribution in [0.15, 0.2) is 30.4 Å². The molecular weight excluding hydrogens is 180 g/mol. The van der Waals surface area contributed by atoms with Gasteiger partial charge in [0.15, 0.2) is 0 Å². The van der Waals surface area contributed by atoms with Crippen LogP contribution in [0.3, 0.4) is 0 Å². The van der Waals surface area contributed by atoms with Crippen molar-refractivity contribution in [2.75, 3.05) is 6.61 Å². The molecule has 0 atom stereocenters. The zero-order valence-electron chi connectivity index (χ0n) is 7.64. The van der Waals surface area contributed by atoms with Crippen LogP contribution in [0.1, 0.15) is 23.3 Å². The Morgan fingerprint density at radius 1 is 1.43 bits per heavy atom. The number of nitrogens with zero attached hydrogens (tertiary/aromatic N) is 2. The Morgan fingerprint density at radius 2 is 2.36 bits per heavy atom. The summed E-state index contributed by atoms with van der Waals surface area (Å²) in [5.74, 6) is -0.0854. The van der Waals surface area contributed by atoms with E-state index in [0.717, 1.165) is 12.8 Å². The molecule has 0 aromatic carbocycles. The second-order valence-electron chi connectivity index (χ2n) is 3.04. The Morgan fingerprint density at radius 3 is 3.00 bits per heavy atom. The number of hydrogen-bond acceptors (Lipinski definition) is 4. The first-order chi connectivity index (χ1) is 6.88. The molecule has 1 aliphatic heterocycles. The molecule has 1 aromatic heterocycles. The lowest BCUT2D eigenvalue weighted by Gasteiger charge is -2.11. The van der Waals surface area contributed by atoms with Crippen molar-refractivity contribution in [2.24, 2.45) is 0 Å². The van der Waals surface area contributed by atoms with E-state index in [4.69, 9.17) is 4.74 Å². The van der Waals surface area contributed by atoms with Gasteiger partial charge >= 0.3 is 0 Å². The van der Waals surface area contributed by atoms with Crippen LogP contribution < -0.4 is 0 Å². The molecule has 1 aliphatic rings. The van der Waals surface area contributed by atoms with Crippen molar-refractivity contribution in [1.82, 2.24) is 9.97 Å². The molecule has 0 amide bonds. The number of rotatable bonds is 2. The van der Waals surface area contributed by atoms with Gasteiger partial charge in [0, 0.05) is 18.0 Å². The lowest BCUT2D eigenvalue weighted by Crippen LogP contribution is -2.10. The first kappa shape index (κ1) is 8.87. The van der Waals surface area contributed by atoms with Crippen LogP contribution in [0, 0.1) is 0 Å². The average Bonchev–Trinajstić information content (AvgIpc) is 2.30. The van der Waals surface area contributed by atoms with Crippen LogP contribution >= 0.6 is 0 Å². The number of ether oxygens (including phenoxy) is 1. The lowest BCUT2D eigenvalue weighted by atomic mass is 10.0. The SMILES string of the molecule is O=C(C1=COCCC1)c1cnccn1. The summed E-state index contributed by atoms with van der Waals surface area (Å²) in [6.45, 7) is 0.692. The predicted octanol–water partition coefficient (Wildman–Crippen LogP) is 1.35. The normalized spacial score (nSPS) is 15.6. The minimum Gasteiger partial charge on any atom is -0.501 e. The molecule has 0 fully saturated rings. The summed E-state index contributed by atoms with van der Waals surface area (Å²) in [5, 5.41) is 0. The number of hydrogen-bond donors (Lipinski definition) is 0. The Kier molecular flexibility index (Phi) is 2.53. The number of allylic oxidation sites excluding steroid dienone is 1. The van der Waals surface area contributed by atoms with E-state index in [9.17, 15) is 4.79 Å². The monoisotopic (exact) mass is 190 g/mol. The maximum Gasteiger partial charge on any atom is 0.211 e. The van der Waals surface area contributed by atoms with Crippen molar-refractivity contribution in [3.63, 3.8) is 0 Å². The van der Waals surface area contributed by atoms with Gasteiger partial charge in [-0.3, -0.25) is 9.78 Å². The van der Waals surface area contributed by atoms with E-state index in [1.807, 2.05) is 0 Å². The van der Waals surface area contributed by atoms with E-state index in [1.165, 1.54) is 18.7 Å². The third-order valence-corrected chi connectivity index (χ3v) is 2.02. The highest BCUT2D eigenvalue weighted by molar-refractivity contribution is 6.07. The molecule has 4 nitrogen and oxygen atoms in total. The number of carbonyl (C=O) groups excluding carboxylic acids is 1. The topological polar surface area (TPSA) is 52.1 Å². The first-order valence-corrected chi connectivity index (χ1v) is 4.49. The minimum atomic E-state index is -0.0854. The molecule has 0 bridgehead atoms. The Balaban J connectivity index is 2.20. The van der Waals surface area contributed by atoms with Gasteiger partial charge in [0.05, 0.1) is 19.1 Å². The molecule has 4 heteroatoms. The average molecular weight is 190 g/mol. The third kappa shape index (κ3) is 1.79. The maximum atomic E-state index is 11.7. The zero-order chi connectivity index (χ0) is 9.80. The quantitative estimate of drug-likeness (QED) is 0.660. The Hall–Kier alpha value is -1.71. The molecule has 0 radical (unpaired) electrons. The third-order valence-electron chi connectivity index (χ3n) is 2.02. The molecule has 2 rings (SSSR count). The summed E-state index contributed by atoms with van der Waals surface area (Å²) in [7, 11) is 0. The standard InChI is InChI=1S/C10H10N2O2/c13-10(8-2-1-5-14-7-8)9-6-11-3-4-12-9/h3-4,6-7H,1-2,5H2. The number of carbonyl (C=O) groups is 1. The van der Waals surface area contributed by atoms with Gasteiger partial charge in [-0.2, -0.15) is 0 Å². The fourth-order valence-electron chi connectivity index (χ4n) is 1.31. The summed E-state index contributed by atoms with van der Waals surface area (Å²) >= 11 is 0. The summed E-state index contributed by atoms with van der Waals surface area (Å²) < 4.78 is 5.09. The van der Waals surface area contributed by atoms with Gasteiger partial charge in [0.2, 0.25) is 5.78 Å². The van der Waals surface area contributed by atoms with Crippen molar-refractivity contribution in [3.05, 3.63) is 36.1 Å². The van der Waals surface area contributed by atoms with Gasteiger partial charge in [-0.25, -0.2) is 4.98 Å². The second kappa shape index (κ2) is 4.00. The molecular formula is C10H10N2O2. The van der Waals surface area contributed by atoms with Gasteiger partial charge in [-0.1, -0.05) is 0 Å². The van der Waals surface area contributed by atoms with Crippen molar-refractivity contribution in [1.29, 1.82) is 0 Å². The van der Waals surface area contributed by atoms with Crippen molar-refractivity contribution in [3.8, 4) is 0 Å². The maximum absolute atomic E-state index is 11.7. The summed E-state index contributed by atoms with van der Waals surface area (Å²) in [4.78, 5) is 19.5. The largest absolute Gasteiger partial charge is 0.501 e. The Labute approximate surface area is 81.6 Å². The second-order valence-corrected chi connectivity index (χ2v) is 3.04. The van der Waals surface area contributed by atoms with Crippen molar-refractivity contribution < 1.29 is 9.53 Å². The van der Waals surface area contributed by atoms with Gasteiger partial charge in [-0.15, -0.1) is 0 Å². The van der Waals surface area contributed by atoms with Gasteiger partial charge < -0.3 is 4.74 Å². The van der Waals surface area contributed by atoms with E-state index < -0.39 is 0 Å². The highest BCUT2D eigenvalue weighted by Crippen LogP contribution is 2.15. The summed E-state index contributed by atoms with van der Waals surface area (Å²) in [6, 6.07) is 0. The van der Waals surface area contributed by atoms with Crippen LogP contribution in [-0.4, -0.2) is 22.4 Å². The van der Waals surface area contributed by atoms with Gasteiger partial charge in [0.1, 0.15) is 5.69 Å². The minimum absolute atomic E-state index is 0.0854. The van der Waals surface area contributed by atoms with E-state index in [0.29, 0.717) is 17.9 Å². The molecule has 0 aliphatic carbocycles. The molecule has 0 unspecified atom stereocenters. The Bertz CT molecular complexity index is 360. The number of Topliss-reactive ketones (excluding diaryl/α,β-unsaturated/α-hetero) is 1. The smallest absolute Gasteiger partial charge is 0.211 e. The first-order valence-electron chi connectivity index (χ1n) is 4.49. The van der Waals surface area contributed by atoms with Gasteiger partial charge in [0.25, 0.3) is 0 Å². The lowest BCUT2D eigenvalue weighted by molar-refractivity contribution is 0.100. The van der Waals surface area contributed by atoms with Crippen molar-refractivity contribution >= 4 is 5.78 Å². The fourth-order valence-corrected chi connectivity index (χ4v) is 1.31. The summed E-state index contributed by atoms with van der Waals surface area (Å²) in [5.41, 5.74) is 1.06. The van der Waals surface area contributed by atoms with E-state index in [1.54, 1.807) is 6.20 Å². The van der Waals surface area contributed by atoms with Crippen LogP contribution in [0.2, 0.25) is 0 Å². The van der Waals surface area contributed by atoms with Crippen LogP contribution in [-0.2, 0) is 4.74 Å². The molecule has 2 heterocycles. The fraction of sp³-hybridized carbons (Fsp3) is 0.300. The van der Waals surface area contributed by atoms with Crippen LogP contribution in [0.5, 0.6) is 0 Å². The highest BCUT2D eigenvalue weighted by atomic mass is 16.5. The van der Waals surface area contributed by atoms with Gasteiger partial charge in [-0.05, 0) is 12.8 Å². The van der Waals surface area contributed by atoms with Crippen LogP contribution in [0.4, 0.5) is 0 Å².